The Morgan fingerprint density at radius 2 is 2.25 bits per heavy atom. The SMILES string of the molecule is CC(C)CN1CC(=O)Nc2ccc(F)cc21. The number of anilines is 2. The van der Waals surface area contributed by atoms with Crippen LogP contribution in [0.15, 0.2) is 18.2 Å². The van der Waals surface area contributed by atoms with E-state index in [1.54, 1.807) is 6.07 Å². The number of benzene rings is 1. The van der Waals surface area contributed by atoms with Crippen molar-refractivity contribution in [2.24, 2.45) is 5.92 Å². The molecule has 0 spiro atoms. The minimum absolute atomic E-state index is 0.0419. The molecule has 0 radical (unpaired) electrons. The number of carbonyl (C=O) groups excluding carboxylic acids is 1. The molecule has 1 aromatic rings. The van der Waals surface area contributed by atoms with Crippen LogP contribution in [-0.4, -0.2) is 19.0 Å². The first-order valence-corrected chi connectivity index (χ1v) is 5.40. The van der Waals surface area contributed by atoms with Crippen molar-refractivity contribution in [3.05, 3.63) is 24.0 Å². The maximum atomic E-state index is 13.2. The first kappa shape index (κ1) is 10.9. The zero-order valence-electron chi connectivity index (χ0n) is 9.46. The lowest BCUT2D eigenvalue weighted by molar-refractivity contribution is -0.115. The van der Waals surface area contributed by atoms with E-state index in [1.807, 2.05) is 4.90 Å². The van der Waals surface area contributed by atoms with Gasteiger partial charge in [0.1, 0.15) is 5.82 Å². The van der Waals surface area contributed by atoms with Crippen LogP contribution in [0.5, 0.6) is 0 Å². The van der Waals surface area contributed by atoms with Crippen molar-refractivity contribution >= 4 is 17.3 Å². The number of rotatable bonds is 2. The van der Waals surface area contributed by atoms with E-state index in [0.29, 0.717) is 18.2 Å². The Bertz CT molecular complexity index is 417. The molecular formula is C12H15FN2O. The van der Waals surface area contributed by atoms with Gasteiger partial charge in [-0.1, -0.05) is 13.8 Å². The second-order valence-corrected chi connectivity index (χ2v) is 4.48. The van der Waals surface area contributed by atoms with Gasteiger partial charge in [0.2, 0.25) is 5.91 Å². The third-order valence-corrected chi connectivity index (χ3v) is 2.49. The van der Waals surface area contributed by atoms with E-state index >= 15 is 0 Å². The fourth-order valence-corrected chi connectivity index (χ4v) is 1.92. The highest BCUT2D eigenvalue weighted by Gasteiger charge is 2.22. The summed E-state index contributed by atoms with van der Waals surface area (Å²) in [4.78, 5) is 13.4. The Kier molecular flexibility index (Phi) is 2.81. The average molecular weight is 222 g/mol. The molecule has 0 aliphatic carbocycles. The Balaban J connectivity index is 2.35. The smallest absolute Gasteiger partial charge is 0.243 e. The highest BCUT2D eigenvalue weighted by Crippen LogP contribution is 2.30. The predicted molar refractivity (Wildman–Crippen MR) is 62.1 cm³/mol. The normalized spacial score (nSPS) is 15.0. The third kappa shape index (κ3) is 2.15. The fraction of sp³-hybridized carbons (Fsp3) is 0.417. The molecule has 1 aliphatic heterocycles. The molecule has 86 valence electrons. The second kappa shape index (κ2) is 4.12. The van der Waals surface area contributed by atoms with Crippen molar-refractivity contribution in [3.63, 3.8) is 0 Å². The quantitative estimate of drug-likeness (QED) is 0.832. The van der Waals surface area contributed by atoms with E-state index in [2.05, 4.69) is 19.2 Å². The molecule has 0 unspecified atom stereocenters. The predicted octanol–water partition coefficient (Wildman–Crippen LogP) is 2.24. The largest absolute Gasteiger partial charge is 0.360 e. The number of fused-ring (bicyclic) bond motifs is 1. The van der Waals surface area contributed by atoms with E-state index in [1.165, 1.54) is 12.1 Å². The Morgan fingerprint density at radius 3 is 2.94 bits per heavy atom. The zero-order chi connectivity index (χ0) is 11.7. The minimum Gasteiger partial charge on any atom is -0.360 e. The number of hydrogen-bond acceptors (Lipinski definition) is 2. The lowest BCUT2D eigenvalue weighted by Gasteiger charge is -2.32. The molecule has 1 N–H and O–H groups in total. The van der Waals surface area contributed by atoms with Crippen LogP contribution >= 0.6 is 0 Å². The summed E-state index contributed by atoms with van der Waals surface area (Å²) in [6.45, 7) is 5.20. The van der Waals surface area contributed by atoms with Crippen molar-refractivity contribution < 1.29 is 9.18 Å². The second-order valence-electron chi connectivity index (χ2n) is 4.48. The maximum absolute atomic E-state index is 13.2. The van der Waals surface area contributed by atoms with Crippen LogP contribution in [0.2, 0.25) is 0 Å². The number of nitrogens with zero attached hydrogens (tertiary/aromatic N) is 1. The van der Waals surface area contributed by atoms with Gasteiger partial charge in [-0.15, -0.1) is 0 Å². The number of carbonyl (C=O) groups is 1. The van der Waals surface area contributed by atoms with E-state index in [4.69, 9.17) is 0 Å². The Labute approximate surface area is 94.3 Å². The molecule has 16 heavy (non-hydrogen) atoms. The molecule has 1 amide bonds. The summed E-state index contributed by atoms with van der Waals surface area (Å²) < 4.78 is 13.2. The van der Waals surface area contributed by atoms with Crippen molar-refractivity contribution in [2.45, 2.75) is 13.8 Å². The van der Waals surface area contributed by atoms with Crippen LogP contribution in [0.25, 0.3) is 0 Å². The summed E-state index contributed by atoms with van der Waals surface area (Å²) in [6.07, 6.45) is 0. The van der Waals surface area contributed by atoms with E-state index < -0.39 is 0 Å². The molecule has 0 saturated heterocycles. The van der Waals surface area contributed by atoms with Gasteiger partial charge in [-0.3, -0.25) is 4.79 Å². The summed E-state index contributed by atoms with van der Waals surface area (Å²) >= 11 is 0. The topological polar surface area (TPSA) is 32.3 Å². The van der Waals surface area contributed by atoms with Crippen LogP contribution in [0.1, 0.15) is 13.8 Å². The van der Waals surface area contributed by atoms with Crippen LogP contribution in [0.4, 0.5) is 15.8 Å². The summed E-state index contributed by atoms with van der Waals surface area (Å²) in [7, 11) is 0. The molecule has 0 saturated carbocycles. The highest BCUT2D eigenvalue weighted by atomic mass is 19.1. The van der Waals surface area contributed by atoms with E-state index in [-0.39, 0.29) is 11.7 Å². The molecule has 1 aromatic carbocycles. The van der Waals surface area contributed by atoms with Gasteiger partial charge in [0, 0.05) is 6.54 Å². The Morgan fingerprint density at radius 1 is 1.50 bits per heavy atom. The third-order valence-electron chi connectivity index (χ3n) is 2.49. The maximum Gasteiger partial charge on any atom is 0.243 e. The van der Waals surface area contributed by atoms with Gasteiger partial charge < -0.3 is 10.2 Å². The Hall–Kier alpha value is -1.58. The first-order chi connectivity index (χ1) is 7.56. The molecule has 1 heterocycles. The molecule has 0 aromatic heterocycles. The van der Waals surface area contributed by atoms with Gasteiger partial charge in [-0.05, 0) is 24.1 Å². The van der Waals surface area contributed by atoms with Crippen LogP contribution in [-0.2, 0) is 4.79 Å². The van der Waals surface area contributed by atoms with Gasteiger partial charge in [0.05, 0.1) is 17.9 Å². The van der Waals surface area contributed by atoms with Crippen molar-refractivity contribution in [2.75, 3.05) is 23.3 Å². The standard InChI is InChI=1S/C12H15FN2O/c1-8(2)6-15-7-12(16)14-10-4-3-9(13)5-11(10)15/h3-5,8H,6-7H2,1-2H3,(H,14,16). The lowest BCUT2D eigenvalue weighted by atomic mass is 10.1. The molecule has 4 heteroatoms. The van der Waals surface area contributed by atoms with Gasteiger partial charge in [-0.25, -0.2) is 4.39 Å². The number of hydrogen-bond donors (Lipinski definition) is 1. The van der Waals surface area contributed by atoms with Crippen molar-refractivity contribution in [1.29, 1.82) is 0 Å². The highest BCUT2D eigenvalue weighted by molar-refractivity contribution is 6.01. The van der Waals surface area contributed by atoms with E-state index in [0.717, 1.165) is 12.2 Å². The van der Waals surface area contributed by atoms with Crippen molar-refractivity contribution in [1.82, 2.24) is 0 Å². The first-order valence-electron chi connectivity index (χ1n) is 5.40. The summed E-state index contributed by atoms with van der Waals surface area (Å²) in [5.74, 6) is 0.116. The number of amides is 1. The fourth-order valence-electron chi connectivity index (χ4n) is 1.92. The minimum atomic E-state index is -0.274. The van der Waals surface area contributed by atoms with Crippen LogP contribution in [0.3, 0.4) is 0 Å². The number of nitrogens with one attached hydrogen (secondary N) is 1. The molecule has 2 rings (SSSR count). The van der Waals surface area contributed by atoms with Crippen molar-refractivity contribution in [3.8, 4) is 0 Å². The zero-order valence-corrected chi connectivity index (χ0v) is 9.46. The summed E-state index contributed by atoms with van der Waals surface area (Å²) in [5, 5.41) is 2.74. The monoisotopic (exact) mass is 222 g/mol. The average Bonchev–Trinajstić information content (AvgIpc) is 2.18. The number of halogens is 1. The van der Waals surface area contributed by atoms with E-state index in [9.17, 15) is 9.18 Å². The van der Waals surface area contributed by atoms with Gasteiger partial charge >= 0.3 is 0 Å². The molecular weight excluding hydrogens is 207 g/mol. The van der Waals surface area contributed by atoms with Crippen LogP contribution in [0, 0.1) is 11.7 Å². The molecule has 0 atom stereocenters. The summed E-state index contributed by atoms with van der Waals surface area (Å²) in [5.41, 5.74) is 1.46. The summed E-state index contributed by atoms with van der Waals surface area (Å²) in [6, 6.07) is 4.43. The lowest BCUT2D eigenvalue weighted by Crippen LogP contribution is -2.40. The molecule has 1 aliphatic rings. The van der Waals surface area contributed by atoms with Gasteiger partial charge in [0.15, 0.2) is 0 Å². The van der Waals surface area contributed by atoms with Gasteiger partial charge in [0.25, 0.3) is 0 Å². The molecule has 3 nitrogen and oxygen atoms in total. The van der Waals surface area contributed by atoms with Gasteiger partial charge in [-0.2, -0.15) is 0 Å². The van der Waals surface area contributed by atoms with Crippen LogP contribution < -0.4 is 10.2 Å². The molecule has 0 bridgehead atoms. The molecule has 0 fully saturated rings.